The highest BCUT2D eigenvalue weighted by Gasteiger charge is 2.32. The van der Waals surface area contributed by atoms with E-state index < -0.39 is 46.5 Å². The van der Waals surface area contributed by atoms with Gasteiger partial charge in [-0.3, -0.25) is 25.2 Å². The third-order valence-electron chi connectivity index (χ3n) is 3.11. The molecule has 2 N–H and O–H groups in total. The Morgan fingerprint density at radius 2 is 1.73 bits per heavy atom. The summed E-state index contributed by atoms with van der Waals surface area (Å²) in [5, 5.41) is -0.706. The molecule has 0 radical (unpaired) electrons. The lowest BCUT2D eigenvalue weighted by molar-refractivity contribution is -0.138. The van der Waals surface area contributed by atoms with Crippen LogP contribution < -0.4 is 16.4 Å². The fraction of sp³-hybridized carbons (Fsp3) is 0.133. The molecule has 0 saturated heterocycles. The number of nitrogens with zero attached hydrogens (tertiary/aromatic N) is 1. The van der Waals surface area contributed by atoms with Crippen molar-refractivity contribution in [3.8, 4) is 0 Å². The van der Waals surface area contributed by atoms with E-state index in [2.05, 4.69) is 0 Å². The number of amides is 2. The summed E-state index contributed by atoms with van der Waals surface area (Å²) in [5.74, 6) is -2.32. The maximum absolute atomic E-state index is 12.8. The van der Waals surface area contributed by atoms with E-state index >= 15 is 0 Å². The van der Waals surface area contributed by atoms with Crippen LogP contribution in [0.15, 0.2) is 41.3 Å². The highest BCUT2D eigenvalue weighted by molar-refractivity contribution is 6.30. The molecule has 11 heteroatoms. The van der Waals surface area contributed by atoms with Gasteiger partial charge in [-0.1, -0.05) is 11.6 Å². The van der Waals surface area contributed by atoms with Crippen molar-refractivity contribution in [3.63, 3.8) is 0 Å². The summed E-state index contributed by atoms with van der Waals surface area (Å²) in [5.41, 5.74) is 1.75. The molecule has 0 saturated carbocycles. The molecule has 2 amide bonds. The number of halogens is 5. The highest BCUT2D eigenvalue weighted by atomic mass is 35.5. The first-order valence-corrected chi connectivity index (χ1v) is 7.27. The molecule has 2 rings (SSSR count). The van der Waals surface area contributed by atoms with Gasteiger partial charge in [-0.2, -0.15) is 13.2 Å². The Hall–Kier alpha value is -2.88. The zero-order valence-electron chi connectivity index (χ0n) is 12.7. The van der Waals surface area contributed by atoms with E-state index in [9.17, 15) is 31.9 Å². The first kappa shape index (κ1) is 19.4. The molecule has 0 spiro atoms. The molecule has 138 valence electrons. The monoisotopic (exact) mass is 391 g/mol. The van der Waals surface area contributed by atoms with Crippen molar-refractivity contribution >= 4 is 23.4 Å². The van der Waals surface area contributed by atoms with E-state index in [-0.39, 0.29) is 5.56 Å². The Morgan fingerprint density at radius 1 is 1.12 bits per heavy atom. The maximum atomic E-state index is 12.8. The SMILES string of the molecule is O=C(Cn1cc(C(F)(F)F)cc(Cl)c1=O)NNC(=O)c1ccc(F)cc1. The predicted octanol–water partition coefficient (Wildman–Crippen LogP) is 2.12. The summed E-state index contributed by atoms with van der Waals surface area (Å²) in [7, 11) is 0. The van der Waals surface area contributed by atoms with Gasteiger partial charge in [0.25, 0.3) is 17.4 Å². The van der Waals surface area contributed by atoms with Gasteiger partial charge in [0.2, 0.25) is 0 Å². The molecular formula is C15H10ClF4N3O3. The fourth-order valence-corrected chi connectivity index (χ4v) is 2.09. The third-order valence-corrected chi connectivity index (χ3v) is 3.38. The van der Waals surface area contributed by atoms with Crippen molar-refractivity contribution in [2.45, 2.75) is 12.7 Å². The largest absolute Gasteiger partial charge is 0.417 e. The van der Waals surface area contributed by atoms with Gasteiger partial charge in [-0.25, -0.2) is 4.39 Å². The second-order valence-electron chi connectivity index (χ2n) is 5.02. The normalized spacial score (nSPS) is 11.1. The van der Waals surface area contributed by atoms with Crippen LogP contribution in [-0.2, 0) is 17.5 Å². The molecule has 0 aliphatic heterocycles. The van der Waals surface area contributed by atoms with Crippen molar-refractivity contribution in [3.05, 3.63) is 68.8 Å². The van der Waals surface area contributed by atoms with E-state index in [1.807, 2.05) is 10.9 Å². The van der Waals surface area contributed by atoms with Crippen molar-refractivity contribution in [1.29, 1.82) is 0 Å². The van der Waals surface area contributed by atoms with Crippen LogP contribution in [0.25, 0.3) is 0 Å². The predicted molar refractivity (Wildman–Crippen MR) is 82.7 cm³/mol. The molecule has 0 atom stereocenters. The first-order chi connectivity index (χ1) is 12.1. The van der Waals surface area contributed by atoms with E-state index in [1.54, 1.807) is 0 Å². The molecule has 6 nitrogen and oxygen atoms in total. The number of carbonyl (C=O) groups is 2. The number of carbonyl (C=O) groups excluding carboxylic acids is 2. The van der Waals surface area contributed by atoms with E-state index in [1.165, 1.54) is 0 Å². The van der Waals surface area contributed by atoms with Crippen LogP contribution in [0.1, 0.15) is 15.9 Å². The van der Waals surface area contributed by atoms with Gasteiger partial charge in [0.1, 0.15) is 17.4 Å². The number of hydrogen-bond donors (Lipinski definition) is 2. The quantitative estimate of drug-likeness (QED) is 0.621. The Balaban J connectivity index is 2.06. The second-order valence-corrected chi connectivity index (χ2v) is 5.42. The molecule has 0 unspecified atom stereocenters. The molecule has 0 aliphatic rings. The minimum absolute atomic E-state index is 0.0333. The van der Waals surface area contributed by atoms with Crippen molar-refractivity contribution in [2.75, 3.05) is 0 Å². The Bertz CT molecular complexity index is 894. The zero-order chi connectivity index (χ0) is 19.5. The lowest BCUT2D eigenvalue weighted by atomic mass is 10.2. The van der Waals surface area contributed by atoms with Crippen LogP contribution in [0.4, 0.5) is 17.6 Å². The van der Waals surface area contributed by atoms with Gasteiger partial charge in [0.15, 0.2) is 0 Å². The average Bonchev–Trinajstić information content (AvgIpc) is 2.56. The Morgan fingerprint density at radius 3 is 2.31 bits per heavy atom. The maximum Gasteiger partial charge on any atom is 0.417 e. The first-order valence-electron chi connectivity index (χ1n) is 6.90. The van der Waals surface area contributed by atoms with Crippen LogP contribution in [-0.4, -0.2) is 16.4 Å². The number of aromatic nitrogens is 1. The molecule has 26 heavy (non-hydrogen) atoms. The van der Waals surface area contributed by atoms with Crippen molar-refractivity contribution in [1.82, 2.24) is 15.4 Å². The summed E-state index contributed by atoms with van der Waals surface area (Å²) in [4.78, 5) is 35.2. The zero-order valence-corrected chi connectivity index (χ0v) is 13.5. The number of nitrogens with one attached hydrogen (secondary N) is 2. The lowest BCUT2D eigenvalue weighted by Crippen LogP contribution is -2.44. The van der Waals surface area contributed by atoms with Crippen LogP contribution in [0.3, 0.4) is 0 Å². The topological polar surface area (TPSA) is 80.2 Å². The number of pyridine rings is 1. The minimum atomic E-state index is -4.76. The molecule has 0 bridgehead atoms. The molecule has 2 aromatic rings. The lowest BCUT2D eigenvalue weighted by Gasteiger charge is -2.12. The average molecular weight is 392 g/mol. The second kappa shape index (κ2) is 7.56. The number of rotatable bonds is 3. The minimum Gasteiger partial charge on any atom is -0.304 e. The number of hydrogen-bond acceptors (Lipinski definition) is 3. The van der Waals surface area contributed by atoms with Crippen LogP contribution >= 0.6 is 11.6 Å². The van der Waals surface area contributed by atoms with E-state index in [0.717, 1.165) is 24.3 Å². The summed E-state index contributed by atoms with van der Waals surface area (Å²) < 4.78 is 51.4. The number of alkyl halides is 3. The molecule has 1 aromatic heterocycles. The van der Waals surface area contributed by atoms with Crippen molar-refractivity contribution < 1.29 is 27.2 Å². The van der Waals surface area contributed by atoms with Gasteiger partial charge >= 0.3 is 6.18 Å². The smallest absolute Gasteiger partial charge is 0.304 e. The van der Waals surface area contributed by atoms with E-state index in [0.29, 0.717) is 16.8 Å². The fourth-order valence-electron chi connectivity index (χ4n) is 1.87. The van der Waals surface area contributed by atoms with Crippen LogP contribution in [0, 0.1) is 5.82 Å². The summed E-state index contributed by atoms with van der Waals surface area (Å²) in [6.07, 6.45) is -4.32. The van der Waals surface area contributed by atoms with Gasteiger partial charge in [0, 0.05) is 11.8 Å². The van der Waals surface area contributed by atoms with Gasteiger partial charge in [-0.15, -0.1) is 0 Å². The van der Waals surface area contributed by atoms with Gasteiger partial charge in [-0.05, 0) is 30.3 Å². The van der Waals surface area contributed by atoms with Gasteiger partial charge in [0.05, 0.1) is 5.56 Å². The molecule has 0 aliphatic carbocycles. The summed E-state index contributed by atoms with van der Waals surface area (Å²) in [6, 6.07) is 4.83. The molecule has 0 fully saturated rings. The molecule has 1 heterocycles. The Labute approximate surface area is 148 Å². The third kappa shape index (κ3) is 4.82. The van der Waals surface area contributed by atoms with Crippen LogP contribution in [0.5, 0.6) is 0 Å². The standard InChI is InChI=1S/C15H10ClF4N3O3/c16-11-5-9(15(18,19)20)6-23(14(11)26)7-12(24)21-22-13(25)8-1-3-10(17)4-2-8/h1-6H,7H2,(H,21,24)(H,22,25). The number of hydrazine groups is 1. The van der Waals surface area contributed by atoms with E-state index in [4.69, 9.17) is 11.6 Å². The summed E-state index contributed by atoms with van der Waals surface area (Å²) in [6.45, 7) is -0.813. The molecule has 1 aromatic carbocycles. The van der Waals surface area contributed by atoms with Crippen molar-refractivity contribution in [2.24, 2.45) is 0 Å². The molecular weight excluding hydrogens is 382 g/mol. The number of benzene rings is 1. The van der Waals surface area contributed by atoms with Gasteiger partial charge < -0.3 is 4.57 Å². The summed E-state index contributed by atoms with van der Waals surface area (Å²) >= 11 is 5.46. The van der Waals surface area contributed by atoms with Crippen LogP contribution in [0.2, 0.25) is 5.02 Å². The Kier molecular flexibility index (Phi) is 5.66. The highest BCUT2D eigenvalue weighted by Crippen LogP contribution is 2.29.